The number of benzene rings is 4. The van der Waals surface area contributed by atoms with Gasteiger partial charge >= 0.3 is 0 Å². The van der Waals surface area contributed by atoms with Crippen molar-refractivity contribution in [3.8, 4) is 5.75 Å². The number of rotatable bonds is 6. The summed E-state index contributed by atoms with van der Waals surface area (Å²) in [5.74, 6) is -0.114. The molecular weight excluding hydrogens is 500 g/mol. The maximum atomic E-state index is 14.3. The van der Waals surface area contributed by atoms with Crippen molar-refractivity contribution < 1.29 is 9.90 Å². The molecule has 4 rings (SSSR count). The summed E-state index contributed by atoms with van der Waals surface area (Å²) in [6.07, 6.45) is 2.00. The van der Waals surface area contributed by atoms with Gasteiger partial charge in [0.25, 0.3) is 0 Å². The normalized spacial score (nSPS) is 13.3. The summed E-state index contributed by atoms with van der Waals surface area (Å²) >= 11 is 6.31. The second-order valence-corrected chi connectivity index (χ2v) is 12.6. The van der Waals surface area contributed by atoms with Gasteiger partial charge in [0.1, 0.15) is 5.75 Å². The molecule has 0 aliphatic heterocycles. The van der Waals surface area contributed by atoms with Crippen LogP contribution in [0.2, 0.25) is 5.02 Å². The van der Waals surface area contributed by atoms with Crippen LogP contribution in [0.25, 0.3) is 6.08 Å². The van der Waals surface area contributed by atoms with E-state index >= 15 is 0 Å². The highest BCUT2D eigenvalue weighted by Gasteiger charge is 2.31. The van der Waals surface area contributed by atoms with Crippen LogP contribution in [-0.2, 0) is 10.8 Å². The molecule has 0 spiro atoms. The van der Waals surface area contributed by atoms with Gasteiger partial charge in [-0.15, -0.1) is 0 Å². The highest BCUT2D eigenvalue weighted by atomic mass is 35.5. The number of allylic oxidation sites excluding steroid dienone is 1. The van der Waals surface area contributed by atoms with E-state index in [-0.39, 0.29) is 16.6 Å². The predicted molar refractivity (Wildman–Crippen MR) is 164 cm³/mol. The topological polar surface area (TPSA) is 37.3 Å². The molecule has 0 amide bonds. The zero-order valence-corrected chi connectivity index (χ0v) is 24.4. The first-order valence-electron chi connectivity index (χ1n) is 13.4. The van der Waals surface area contributed by atoms with E-state index in [1.807, 2.05) is 91.0 Å². The third-order valence-corrected chi connectivity index (χ3v) is 7.27. The molecule has 0 unspecified atom stereocenters. The average molecular weight is 537 g/mol. The van der Waals surface area contributed by atoms with Crippen molar-refractivity contribution in [1.82, 2.24) is 0 Å². The number of carbonyl (C=O) groups excluding carboxylic acids is 1. The van der Waals surface area contributed by atoms with Crippen LogP contribution in [0.5, 0.6) is 5.75 Å². The first kappa shape index (κ1) is 28.4. The van der Waals surface area contributed by atoms with E-state index in [0.717, 1.165) is 27.8 Å². The lowest BCUT2D eigenvalue weighted by Crippen LogP contribution is -2.20. The Hall–Kier alpha value is -3.62. The van der Waals surface area contributed by atoms with E-state index in [0.29, 0.717) is 21.9 Å². The number of ketones is 1. The Morgan fingerprint density at radius 3 is 1.69 bits per heavy atom. The SMILES string of the molecule is CC(C)(C)c1cc([C@@H](/C(=C/c2ccccc2)C(=O)c2ccccc2)c2ccc(Cl)cc2)cc(C(C)(C)C)c1O. The van der Waals surface area contributed by atoms with E-state index in [2.05, 4.69) is 53.7 Å². The van der Waals surface area contributed by atoms with Crippen molar-refractivity contribution in [3.05, 3.63) is 141 Å². The largest absolute Gasteiger partial charge is 0.507 e. The Morgan fingerprint density at radius 1 is 0.718 bits per heavy atom. The third-order valence-electron chi connectivity index (χ3n) is 7.02. The lowest BCUT2D eigenvalue weighted by atomic mass is 9.74. The zero-order chi connectivity index (χ0) is 28.4. The van der Waals surface area contributed by atoms with E-state index in [9.17, 15) is 9.90 Å². The highest BCUT2D eigenvalue weighted by Crippen LogP contribution is 2.44. The van der Waals surface area contributed by atoms with Crippen LogP contribution in [0.1, 0.15) is 85.6 Å². The Labute approximate surface area is 238 Å². The number of aromatic hydroxyl groups is 1. The summed E-state index contributed by atoms with van der Waals surface area (Å²) in [6, 6.07) is 31.2. The van der Waals surface area contributed by atoms with Crippen LogP contribution in [-0.4, -0.2) is 10.9 Å². The molecule has 4 aromatic carbocycles. The Bertz CT molecular complexity index is 1430. The van der Waals surface area contributed by atoms with Crippen LogP contribution in [0, 0.1) is 0 Å². The zero-order valence-electron chi connectivity index (χ0n) is 23.6. The molecule has 0 aromatic heterocycles. The van der Waals surface area contributed by atoms with Crippen molar-refractivity contribution in [1.29, 1.82) is 0 Å². The molecule has 4 aromatic rings. The van der Waals surface area contributed by atoms with Gasteiger partial charge < -0.3 is 5.11 Å². The lowest BCUT2D eigenvalue weighted by Gasteiger charge is -2.31. The summed E-state index contributed by atoms with van der Waals surface area (Å²) < 4.78 is 0. The lowest BCUT2D eigenvalue weighted by molar-refractivity contribution is 0.103. The molecule has 1 N–H and O–H groups in total. The number of phenolic OH excluding ortho intramolecular Hbond substituents is 1. The van der Waals surface area contributed by atoms with Crippen LogP contribution in [0.15, 0.2) is 103 Å². The Morgan fingerprint density at radius 2 is 1.21 bits per heavy atom. The molecule has 39 heavy (non-hydrogen) atoms. The van der Waals surface area contributed by atoms with E-state index < -0.39 is 5.92 Å². The van der Waals surface area contributed by atoms with Crippen LogP contribution >= 0.6 is 11.6 Å². The monoisotopic (exact) mass is 536 g/mol. The molecule has 2 nitrogen and oxygen atoms in total. The number of hydrogen-bond donors (Lipinski definition) is 1. The molecule has 0 aliphatic carbocycles. The fraction of sp³-hybridized carbons (Fsp3) is 0.250. The molecule has 1 atom stereocenters. The molecule has 3 heteroatoms. The van der Waals surface area contributed by atoms with Gasteiger partial charge in [0.15, 0.2) is 5.78 Å². The molecule has 0 heterocycles. The Kier molecular flexibility index (Phi) is 8.18. The van der Waals surface area contributed by atoms with Gasteiger partial charge in [0.05, 0.1) is 0 Å². The smallest absolute Gasteiger partial charge is 0.189 e. The fourth-order valence-electron chi connectivity index (χ4n) is 4.94. The van der Waals surface area contributed by atoms with Gasteiger partial charge in [-0.2, -0.15) is 0 Å². The third kappa shape index (κ3) is 6.52. The first-order chi connectivity index (χ1) is 18.4. The Balaban J connectivity index is 2.08. The van der Waals surface area contributed by atoms with E-state index in [1.54, 1.807) is 0 Å². The van der Waals surface area contributed by atoms with Gasteiger partial charge in [-0.1, -0.05) is 138 Å². The van der Waals surface area contributed by atoms with Gasteiger partial charge in [-0.3, -0.25) is 4.79 Å². The maximum absolute atomic E-state index is 14.3. The van der Waals surface area contributed by atoms with Gasteiger partial charge in [0.2, 0.25) is 0 Å². The fourth-order valence-corrected chi connectivity index (χ4v) is 5.06. The van der Waals surface area contributed by atoms with Crippen molar-refractivity contribution in [2.75, 3.05) is 0 Å². The molecule has 200 valence electrons. The molecule has 0 fully saturated rings. The number of phenols is 1. The number of carbonyl (C=O) groups is 1. The predicted octanol–water partition coefficient (Wildman–Crippen LogP) is 9.74. The summed E-state index contributed by atoms with van der Waals surface area (Å²) in [5.41, 5.74) is 5.23. The number of halogens is 1. The molecule has 0 radical (unpaired) electrons. The van der Waals surface area contributed by atoms with Crippen molar-refractivity contribution >= 4 is 23.5 Å². The van der Waals surface area contributed by atoms with Crippen LogP contribution in [0.4, 0.5) is 0 Å². The standard InChI is InChI=1S/C36H37ClO2/c1-35(2,3)30-22-27(23-31(34(30)39)36(4,5)6)32(25-17-19-28(37)20-18-25)29(21-24-13-9-7-10-14-24)33(38)26-15-11-8-12-16-26/h7-23,32,39H,1-6H3/b29-21-/t32-/m0/s1. The molecule has 0 saturated heterocycles. The number of hydrogen-bond acceptors (Lipinski definition) is 2. The maximum Gasteiger partial charge on any atom is 0.189 e. The summed E-state index contributed by atoms with van der Waals surface area (Å²) in [4.78, 5) is 14.3. The van der Waals surface area contributed by atoms with Crippen molar-refractivity contribution in [2.24, 2.45) is 0 Å². The second-order valence-electron chi connectivity index (χ2n) is 12.2. The van der Waals surface area contributed by atoms with Crippen LogP contribution in [0.3, 0.4) is 0 Å². The second kappa shape index (κ2) is 11.2. The minimum atomic E-state index is -0.391. The number of Topliss-reactive ketones (excluding diaryl/α,β-unsaturated/α-hetero) is 1. The van der Waals surface area contributed by atoms with E-state index in [4.69, 9.17) is 11.6 Å². The summed E-state index contributed by atoms with van der Waals surface area (Å²) in [7, 11) is 0. The highest BCUT2D eigenvalue weighted by molar-refractivity contribution is 6.30. The molecular formula is C36H37ClO2. The summed E-state index contributed by atoms with van der Waals surface area (Å²) in [5, 5.41) is 12.1. The van der Waals surface area contributed by atoms with Crippen molar-refractivity contribution in [3.63, 3.8) is 0 Å². The van der Waals surface area contributed by atoms with Gasteiger partial charge in [-0.25, -0.2) is 0 Å². The molecule has 0 aliphatic rings. The first-order valence-corrected chi connectivity index (χ1v) is 13.7. The average Bonchev–Trinajstić information content (AvgIpc) is 2.89. The molecule has 0 bridgehead atoms. The van der Waals surface area contributed by atoms with Gasteiger partial charge in [0, 0.05) is 22.1 Å². The quantitative estimate of drug-likeness (QED) is 0.197. The minimum Gasteiger partial charge on any atom is -0.507 e. The summed E-state index contributed by atoms with van der Waals surface area (Å²) in [6.45, 7) is 12.6. The minimum absolute atomic E-state index is 0.0397. The molecule has 0 saturated carbocycles. The van der Waals surface area contributed by atoms with E-state index in [1.165, 1.54) is 0 Å². The van der Waals surface area contributed by atoms with Gasteiger partial charge in [-0.05, 0) is 56.9 Å². The van der Waals surface area contributed by atoms with Crippen LogP contribution < -0.4 is 0 Å². The van der Waals surface area contributed by atoms with Crippen molar-refractivity contribution in [2.45, 2.75) is 58.3 Å².